The number of rotatable bonds is 38. The summed E-state index contributed by atoms with van der Waals surface area (Å²) in [4.78, 5) is 177. The summed E-state index contributed by atoms with van der Waals surface area (Å²) in [7, 11) is 0. The van der Waals surface area contributed by atoms with Crippen molar-refractivity contribution >= 4 is 82.9 Å². The van der Waals surface area contributed by atoms with Gasteiger partial charge in [0.05, 0.1) is 25.0 Å². The van der Waals surface area contributed by atoms with E-state index in [1.807, 2.05) is 0 Å². The molecule has 0 aliphatic heterocycles. The lowest BCUT2D eigenvalue weighted by Gasteiger charge is -2.28. The van der Waals surface area contributed by atoms with Crippen LogP contribution in [0.3, 0.4) is 0 Å². The number of benzene rings is 3. The molecule has 11 atom stereocenters. The number of carbonyl (C=O) groups is 13. The highest BCUT2D eigenvalue weighted by atomic mass is 16.4. The number of nitrogens with zero attached hydrogens (tertiary/aromatic N) is 1. The Morgan fingerprint density at radius 1 is 0.451 bits per heavy atom. The van der Waals surface area contributed by atoms with Crippen LogP contribution in [0.15, 0.2) is 83.9 Å². The van der Waals surface area contributed by atoms with Crippen molar-refractivity contribution in [1.29, 1.82) is 0 Å². The first-order chi connectivity index (χ1) is 42.7. The summed E-state index contributed by atoms with van der Waals surface area (Å²) < 4.78 is 0. The van der Waals surface area contributed by atoms with E-state index in [0.29, 0.717) is 16.7 Å². The number of phenolic OH excluding ortho intramolecular Hbond substituents is 2. The van der Waals surface area contributed by atoms with E-state index in [2.05, 4.69) is 52.8 Å². The van der Waals surface area contributed by atoms with Crippen LogP contribution in [0, 0.1) is 5.92 Å². The summed E-state index contributed by atoms with van der Waals surface area (Å²) in [6.07, 6.45) is -6.28. The molecule has 0 aliphatic rings. The first kappa shape index (κ1) is 74.8. The normalized spacial score (nSPS) is 14.6. The molecule has 0 saturated heterocycles. The second kappa shape index (κ2) is 36.8. The number of carbonyl (C=O) groups excluding carboxylic acids is 10. The first-order valence-electron chi connectivity index (χ1n) is 28.5. The summed E-state index contributed by atoms with van der Waals surface area (Å²) in [6, 6.07) is 2.46. The van der Waals surface area contributed by atoms with E-state index < -0.39 is 175 Å². The standard InChI is InChI=1S/C58H80N14O19/c1-28(2)46(71-49(82)36(59)23-32-12-16-34(74)17-13-32)55(88)69-40(26-43(60)76)53(86)67-39(24-33-14-18-35(75)19-15-33)52(85)64-29(3)48(81)65-37(11-8-22-63-58(61)62)51(84)72-47(30(4)73)56(89)66-38(20-21-44(77)78)50(83)68-41(27-45(79)80)54(87)70-42(57(90)91)25-31-9-6-5-7-10-31/h5-7,9-10,12-19,28-30,36-42,46-47,73-75H,8,11,20-27,59H2,1-4H3,(H2,60,76)(H,64,85)(H,65,81)(H,66,89)(H,67,86)(H,68,83)(H,69,88)(H,70,87)(H,71,82)(H,72,84)(H,77,78)(H,79,80)(H,90,91)(H4,61,62,63)/t29-,30+,36-,37-,38-,39-,40-,41-,42-,46-,47-/m0/s1. The van der Waals surface area contributed by atoms with Gasteiger partial charge >= 0.3 is 17.9 Å². The number of carboxylic acid groups (broad SMARTS) is 3. The highest BCUT2D eigenvalue weighted by molar-refractivity contribution is 6.00. The molecule has 33 heteroatoms. The summed E-state index contributed by atoms with van der Waals surface area (Å²) in [5.74, 6) is -17.0. The summed E-state index contributed by atoms with van der Waals surface area (Å²) in [5.41, 5.74) is 23.9. The van der Waals surface area contributed by atoms with E-state index >= 15 is 0 Å². The third-order valence-electron chi connectivity index (χ3n) is 13.6. The highest BCUT2D eigenvalue weighted by Crippen LogP contribution is 2.15. The van der Waals surface area contributed by atoms with Gasteiger partial charge in [0, 0.05) is 25.8 Å². The van der Waals surface area contributed by atoms with Crippen molar-refractivity contribution in [3.05, 3.63) is 95.6 Å². The molecule has 0 heterocycles. The summed E-state index contributed by atoms with van der Waals surface area (Å²) >= 11 is 0. The van der Waals surface area contributed by atoms with Gasteiger partial charge in [0.25, 0.3) is 0 Å². The topological polar surface area (TPSA) is 568 Å². The van der Waals surface area contributed by atoms with Crippen LogP contribution in [0.1, 0.15) is 82.9 Å². The van der Waals surface area contributed by atoms with E-state index in [0.717, 1.165) is 6.92 Å². The third kappa shape index (κ3) is 26.8. The Hall–Kier alpha value is -10.4. The van der Waals surface area contributed by atoms with Gasteiger partial charge in [0.15, 0.2) is 5.96 Å². The monoisotopic (exact) mass is 1280 g/mol. The molecular formula is C58H80N14O19. The number of hydrogen-bond donors (Lipinski definition) is 19. The second-order valence-electron chi connectivity index (χ2n) is 21.6. The van der Waals surface area contributed by atoms with Crippen LogP contribution in [0.2, 0.25) is 0 Å². The first-order valence-corrected chi connectivity index (χ1v) is 28.5. The van der Waals surface area contributed by atoms with Crippen molar-refractivity contribution in [3.63, 3.8) is 0 Å². The molecule has 3 aromatic rings. The van der Waals surface area contributed by atoms with E-state index in [9.17, 15) is 93.0 Å². The van der Waals surface area contributed by atoms with E-state index in [1.165, 1.54) is 43.3 Å². The van der Waals surface area contributed by atoms with Gasteiger partial charge in [-0.05, 0) is 86.4 Å². The van der Waals surface area contributed by atoms with Gasteiger partial charge in [-0.25, -0.2) is 4.79 Å². The summed E-state index contributed by atoms with van der Waals surface area (Å²) in [5, 5.41) is 80.3. The Morgan fingerprint density at radius 2 is 0.879 bits per heavy atom. The fourth-order valence-electron chi connectivity index (χ4n) is 8.68. The van der Waals surface area contributed by atoms with Gasteiger partial charge in [0.1, 0.15) is 65.9 Å². The number of aliphatic carboxylic acids is 3. The molecular weight excluding hydrogens is 1200 g/mol. The van der Waals surface area contributed by atoms with Gasteiger partial charge in [0.2, 0.25) is 59.1 Å². The van der Waals surface area contributed by atoms with Gasteiger partial charge in [-0.15, -0.1) is 0 Å². The Labute approximate surface area is 521 Å². The molecule has 3 aromatic carbocycles. The van der Waals surface area contributed by atoms with E-state index in [1.54, 1.807) is 56.3 Å². The minimum Gasteiger partial charge on any atom is -0.508 e. The van der Waals surface area contributed by atoms with E-state index in [4.69, 9.17) is 22.9 Å². The van der Waals surface area contributed by atoms with Crippen molar-refractivity contribution in [2.75, 3.05) is 6.54 Å². The number of carboxylic acids is 3. The second-order valence-corrected chi connectivity index (χ2v) is 21.6. The maximum absolute atomic E-state index is 14.2. The van der Waals surface area contributed by atoms with Gasteiger partial charge < -0.3 is 101 Å². The van der Waals surface area contributed by atoms with Crippen molar-refractivity contribution < 1.29 is 93.0 Å². The number of nitrogens with one attached hydrogen (secondary N) is 9. The Morgan fingerprint density at radius 3 is 1.40 bits per heavy atom. The van der Waals surface area contributed by atoms with Crippen LogP contribution in [0.25, 0.3) is 0 Å². The molecule has 0 fully saturated rings. The van der Waals surface area contributed by atoms with Crippen LogP contribution in [0.4, 0.5) is 0 Å². The number of aliphatic hydroxyl groups is 1. The zero-order valence-corrected chi connectivity index (χ0v) is 50.3. The third-order valence-corrected chi connectivity index (χ3v) is 13.6. The van der Waals surface area contributed by atoms with Crippen molar-refractivity contribution in [1.82, 2.24) is 47.9 Å². The fourth-order valence-corrected chi connectivity index (χ4v) is 8.68. The van der Waals surface area contributed by atoms with Crippen LogP contribution < -0.4 is 70.8 Å². The zero-order chi connectivity index (χ0) is 68.2. The molecule has 0 radical (unpaired) electrons. The molecule has 33 nitrogen and oxygen atoms in total. The number of aliphatic imine (C=N–C) groups is 1. The Bertz CT molecular complexity index is 3070. The molecule has 3 rings (SSSR count). The minimum atomic E-state index is -2.02. The molecule has 0 aromatic heterocycles. The Balaban J connectivity index is 1.88. The van der Waals surface area contributed by atoms with Gasteiger partial charge in [-0.2, -0.15) is 0 Å². The number of primary amides is 1. The number of aromatic hydroxyl groups is 2. The quantitative estimate of drug-likeness (QED) is 0.0145. The van der Waals surface area contributed by atoms with E-state index in [-0.39, 0.29) is 56.1 Å². The SMILES string of the molecule is CC(C)[C@H](NC(=O)[C@@H](N)Cc1ccc(O)cc1)C(=O)N[C@@H](CC(N)=O)C(=O)N[C@@H](Cc1ccc(O)cc1)C(=O)N[C@@H](C)C(=O)N[C@@H](CCCN=C(N)N)C(=O)N[C@H](C(=O)N[C@@H](CCC(=O)O)C(=O)N[C@@H](CC(=O)O)C(=O)N[C@@H](Cc1ccccc1)C(=O)O)[C@@H](C)O. The lowest BCUT2D eigenvalue weighted by molar-refractivity contribution is -0.143. The van der Waals surface area contributed by atoms with Crippen LogP contribution in [-0.2, 0) is 81.6 Å². The molecule has 10 amide bonds. The summed E-state index contributed by atoms with van der Waals surface area (Å²) in [6.45, 7) is 5.22. The lowest BCUT2D eigenvalue weighted by Crippen LogP contribution is -2.62. The molecule has 496 valence electrons. The predicted molar refractivity (Wildman–Crippen MR) is 322 cm³/mol. The average Bonchev–Trinajstić information content (AvgIpc) is 1.72. The number of amides is 10. The average molecular weight is 1280 g/mol. The van der Waals surface area contributed by atoms with Crippen molar-refractivity contribution in [2.24, 2.45) is 33.8 Å². The fraction of sp³-hybridized carbons (Fsp3) is 0.448. The maximum Gasteiger partial charge on any atom is 0.326 e. The number of nitrogens with two attached hydrogens (primary N) is 4. The maximum atomic E-state index is 14.2. The molecule has 91 heavy (non-hydrogen) atoms. The van der Waals surface area contributed by atoms with Crippen molar-refractivity contribution in [2.45, 2.75) is 152 Å². The van der Waals surface area contributed by atoms with Gasteiger partial charge in [-0.3, -0.25) is 62.5 Å². The number of aliphatic hydroxyl groups excluding tert-OH is 1. The Kier molecular flexibility index (Phi) is 30.2. The molecule has 0 unspecified atom stereocenters. The number of hydrogen-bond acceptors (Lipinski definition) is 18. The lowest BCUT2D eigenvalue weighted by atomic mass is 10.00. The van der Waals surface area contributed by atoms with Gasteiger partial charge in [-0.1, -0.05) is 68.4 Å². The van der Waals surface area contributed by atoms with Crippen molar-refractivity contribution in [3.8, 4) is 11.5 Å². The number of phenols is 2. The molecule has 0 bridgehead atoms. The molecule has 0 spiro atoms. The smallest absolute Gasteiger partial charge is 0.326 e. The van der Waals surface area contributed by atoms with Crippen LogP contribution in [0.5, 0.6) is 11.5 Å². The zero-order valence-electron chi connectivity index (χ0n) is 50.3. The number of guanidine groups is 1. The minimum absolute atomic E-state index is 0.00895. The highest BCUT2D eigenvalue weighted by Gasteiger charge is 2.37. The molecule has 23 N–H and O–H groups in total. The molecule has 0 saturated carbocycles. The predicted octanol–water partition coefficient (Wildman–Crippen LogP) is -4.77. The van der Waals surface area contributed by atoms with Crippen LogP contribution in [-0.4, -0.2) is 187 Å². The van der Waals surface area contributed by atoms with Crippen LogP contribution >= 0.6 is 0 Å². The largest absolute Gasteiger partial charge is 0.508 e. The molecule has 0 aliphatic carbocycles.